The van der Waals surface area contributed by atoms with Crippen LogP contribution in [0.5, 0.6) is 5.75 Å². The van der Waals surface area contributed by atoms with Gasteiger partial charge < -0.3 is 9.52 Å². The Morgan fingerprint density at radius 3 is 2.44 bits per heavy atom. The van der Waals surface area contributed by atoms with Gasteiger partial charge in [0.25, 0.3) is 0 Å². The molecule has 0 radical (unpaired) electrons. The van der Waals surface area contributed by atoms with Gasteiger partial charge in [0.15, 0.2) is 0 Å². The van der Waals surface area contributed by atoms with E-state index in [0.717, 1.165) is 22.1 Å². The monoisotopic (exact) mass is 396 g/mol. The first-order valence-corrected chi connectivity index (χ1v) is 11.8. The van der Waals surface area contributed by atoms with Gasteiger partial charge in [0.05, 0.1) is 15.7 Å². The maximum absolute atomic E-state index is 11.0. The standard InChI is InChI=1S/C23H24O2S2/c24-20-13-18(23(26-11-12-27-23)17-9-5-2-6-10-17)14-21-22(20)19(15-25-21)16-7-3-1-4-8-16/h1,3-4,7-8,13-15,17,24H,2,5-6,9-12H2. The van der Waals surface area contributed by atoms with Gasteiger partial charge in [-0.15, -0.1) is 23.5 Å². The Kier molecular flexibility index (Phi) is 4.65. The van der Waals surface area contributed by atoms with Gasteiger partial charge in [-0.25, -0.2) is 0 Å². The minimum Gasteiger partial charge on any atom is -0.507 e. The van der Waals surface area contributed by atoms with Crippen molar-refractivity contribution in [3.8, 4) is 16.9 Å². The van der Waals surface area contributed by atoms with Crippen molar-refractivity contribution in [3.63, 3.8) is 0 Å². The number of phenols is 1. The lowest BCUT2D eigenvalue weighted by Gasteiger charge is -2.39. The molecule has 5 rings (SSSR count). The largest absolute Gasteiger partial charge is 0.507 e. The number of fused-ring (bicyclic) bond motifs is 1. The summed E-state index contributed by atoms with van der Waals surface area (Å²) in [5.74, 6) is 3.41. The second kappa shape index (κ2) is 7.14. The second-order valence-electron chi connectivity index (χ2n) is 7.58. The molecular weight excluding hydrogens is 372 g/mol. The van der Waals surface area contributed by atoms with E-state index in [0.29, 0.717) is 11.7 Å². The number of aromatic hydroxyl groups is 1. The van der Waals surface area contributed by atoms with Crippen LogP contribution in [0, 0.1) is 5.92 Å². The van der Waals surface area contributed by atoms with Crippen LogP contribution in [-0.4, -0.2) is 16.6 Å². The van der Waals surface area contributed by atoms with Gasteiger partial charge in [-0.1, -0.05) is 49.6 Å². The summed E-state index contributed by atoms with van der Waals surface area (Å²) in [4.78, 5) is 0. The molecule has 0 spiro atoms. The molecule has 0 bridgehead atoms. The number of benzene rings is 2. The molecule has 2 heterocycles. The van der Waals surface area contributed by atoms with Crippen molar-refractivity contribution < 1.29 is 9.52 Å². The van der Waals surface area contributed by atoms with E-state index >= 15 is 0 Å². The fraction of sp³-hybridized carbons (Fsp3) is 0.391. The summed E-state index contributed by atoms with van der Waals surface area (Å²) in [6.07, 6.45) is 8.41. The SMILES string of the molecule is Oc1cc(C2(C3CCCCC3)SCCS2)cc2occ(-c3ccccc3)c12. The van der Waals surface area contributed by atoms with Crippen LogP contribution < -0.4 is 0 Å². The summed E-state index contributed by atoms with van der Waals surface area (Å²) in [6.45, 7) is 0. The van der Waals surface area contributed by atoms with Crippen LogP contribution >= 0.6 is 23.5 Å². The lowest BCUT2D eigenvalue weighted by atomic mass is 9.83. The normalized spacial score (nSPS) is 20.3. The van der Waals surface area contributed by atoms with Crippen LogP contribution in [0.4, 0.5) is 0 Å². The predicted octanol–water partition coefficient (Wildman–Crippen LogP) is 7.02. The summed E-state index contributed by atoms with van der Waals surface area (Å²) in [5.41, 5.74) is 4.08. The maximum Gasteiger partial charge on any atom is 0.138 e. The lowest BCUT2D eigenvalue weighted by Crippen LogP contribution is -2.28. The Hall–Kier alpha value is -1.52. The van der Waals surface area contributed by atoms with Crippen LogP contribution in [0.15, 0.2) is 53.1 Å². The van der Waals surface area contributed by atoms with E-state index in [2.05, 4.69) is 41.7 Å². The van der Waals surface area contributed by atoms with Crippen LogP contribution in [-0.2, 0) is 4.08 Å². The summed E-state index contributed by atoms with van der Waals surface area (Å²) >= 11 is 4.16. The van der Waals surface area contributed by atoms with E-state index in [9.17, 15) is 5.11 Å². The minimum absolute atomic E-state index is 0.0752. The van der Waals surface area contributed by atoms with Crippen molar-refractivity contribution in [1.82, 2.24) is 0 Å². The third-order valence-corrected chi connectivity index (χ3v) is 9.78. The molecule has 4 heteroatoms. The Labute approximate surface area is 168 Å². The fourth-order valence-corrected chi connectivity index (χ4v) is 8.34. The molecule has 0 atom stereocenters. The molecule has 2 nitrogen and oxygen atoms in total. The van der Waals surface area contributed by atoms with Gasteiger partial charge in [0.1, 0.15) is 11.3 Å². The number of hydrogen-bond acceptors (Lipinski definition) is 4. The number of furan rings is 1. The summed E-state index contributed by atoms with van der Waals surface area (Å²) in [6, 6.07) is 14.4. The first kappa shape index (κ1) is 17.6. The summed E-state index contributed by atoms with van der Waals surface area (Å²) in [7, 11) is 0. The number of hydrogen-bond donors (Lipinski definition) is 1. The first-order valence-electron chi connectivity index (χ1n) is 9.86. The van der Waals surface area contributed by atoms with Gasteiger partial charge in [-0.05, 0) is 42.0 Å². The Morgan fingerprint density at radius 2 is 1.70 bits per heavy atom. The molecule has 1 saturated carbocycles. The molecular formula is C23H24O2S2. The van der Waals surface area contributed by atoms with E-state index in [1.54, 1.807) is 6.26 Å². The Balaban J connectivity index is 1.62. The maximum atomic E-state index is 11.0. The first-order chi connectivity index (χ1) is 13.3. The molecule has 2 aromatic carbocycles. The van der Waals surface area contributed by atoms with Crippen LogP contribution in [0.25, 0.3) is 22.1 Å². The summed E-state index contributed by atoms with van der Waals surface area (Å²) in [5, 5.41) is 11.8. The second-order valence-corrected chi connectivity index (χ2v) is 10.5. The van der Waals surface area contributed by atoms with Gasteiger partial charge in [-0.2, -0.15) is 0 Å². The molecule has 2 fully saturated rings. The third-order valence-electron chi connectivity index (χ3n) is 6.00. The third kappa shape index (κ3) is 2.98. The molecule has 27 heavy (non-hydrogen) atoms. The molecule has 2 aliphatic rings. The number of phenolic OH excluding ortho intramolecular Hbond substituents is 1. The van der Waals surface area contributed by atoms with Crippen molar-refractivity contribution in [2.45, 2.75) is 36.2 Å². The van der Waals surface area contributed by atoms with Gasteiger partial charge >= 0.3 is 0 Å². The molecule has 1 aliphatic carbocycles. The zero-order valence-corrected chi connectivity index (χ0v) is 17.0. The smallest absolute Gasteiger partial charge is 0.138 e. The zero-order valence-electron chi connectivity index (χ0n) is 15.3. The highest BCUT2D eigenvalue weighted by atomic mass is 32.2. The van der Waals surface area contributed by atoms with Crippen LogP contribution in [0.2, 0.25) is 0 Å². The topological polar surface area (TPSA) is 33.4 Å². The molecule has 1 aliphatic heterocycles. The lowest BCUT2D eigenvalue weighted by molar-refractivity contribution is 0.336. The average Bonchev–Trinajstić information content (AvgIpc) is 3.38. The zero-order chi connectivity index (χ0) is 18.3. The highest BCUT2D eigenvalue weighted by Crippen LogP contribution is 2.60. The van der Waals surface area contributed by atoms with Crippen molar-refractivity contribution in [3.05, 3.63) is 54.3 Å². The average molecular weight is 397 g/mol. The highest BCUT2D eigenvalue weighted by molar-refractivity contribution is 8.20. The molecule has 1 aromatic heterocycles. The predicted molar refractivity (Wildman–Crippen MR) is 116 cm³/mol. The van der Waals surface area contributed by atoms with Crippen molar-refractivity contribution in [2.75, 3.05) is 11.5 Å². The van der Waals surface area contributed by atoms with E-state index in [1.165, 1.54) is 49.2 Å². The Bertz CT molecular complexity index is 936. The molecule has 1 N–H and O–H groups in total. The number of thioether (sulfide) groups is 2. The van der Waals surface area contributed by atoms with Crippen molar-refractivity contribution in [1.29, 1.82) is 0 Å². The van der Waals surface area contributed by atoms with Crippen LogP contribution in [0.3, 0.4) is 0 Å². The summed E-state index contributed by atoms with van der Waals surface area (Å²) < 4.78 is 6.01. The van der Waals surface area contributed by atoms with E-state index in [4.69, 9.17) is 4.42 Å². The fourth-order valence-electron chi connectivity index (χ4n) is 4.73. The van der Waals surface area contributed by atoms with Crippen LogP contribution in [0.1, 0.15) is 37.7 Å². The van der Waals surface area contributed by atoms with Crippen molar-refractivity contribution in [2.24, 2.45) is 5.92 Å². The molecule has 0 unspecified atom stereocenters. The van der Waals surface area contributed by atoms with E-state index in [-0.39, 0.29) is 4.08 Å². The highest BCUT2D eigenvalue weighted by Gasteiger charge is 2.45. The van der Waals surface area contributed by atoms with Crippen molar-refractivity contribution >= 4 is 34.5 Å². The molecule has 1 saturated heterocycles. The molecule has 0 amide bonds. The van der Waals surface area contributed by atoms with Gasteiger partial charge in [0.2, 0.25) is 0 Å². The van der Waals surface area contributed by atoms with Gasteiger partial charge in [0, 0.05) is 17.1 Å². The quantitative estimate of drug-likeness (QED) is 0.516. The minimum atomic E-state index is 0.0752. The number of rotatable bonds is 3. The van der Waals surface area contributed by atoms with Gasteiger partial charge in [-0.3, -0.25) is 0 Å². The molecule has 3 aromatic rings. The van der Waals surface area contributed by atoms with E-state index in [1.807, 2.05) is 24.3 Å². The molecule has 140 valence electrons. The Morgan fingerprint density at radius 1 is 0.963 bits per heavy atom. The van der Waals surface area contributed by atoms with E-state index < -0.39 is 0 Å².